The smallest absolute Gasteiger partial charge is 0.255 e. The van der Waals surface area contributed by atoms with E-state index in [1.54, 1.807) is 14.2 Å². The van der Waals surface area contributed by atoms with Crippen LogP contribution < -0.4 is 14.2 Å². The molecule has 5 nitrogen and oxygen atoms in total. The van der Waals surface area contributed by atoms with Gasteiger partial charge in [0, 0.05) is 11.0 Å². The van der Waals surface area contributed by atoms with Crippen LogP contribution in [0.15, 0.2) is 59.1 Å². The van der Waals surface area contributed by atoms with Crippen LogP contribution in [0.2, 0.25) is 0 Å². The first-order valence-corrected chi connectivity index (χ1v) is 11.7. The summed E-state index contributed by atoms with van der Waals surface area (Å²) in [5.74, 6) is 2.10. The Hall–Kier alpha value is -2.99. The summed E-state index contributed by atoms with van der Waals surface area (Å²) in [5.41, 5.74) is 5.07. The van der Waals surface area contributed by atoms with Crippen LogP contribution in [0.4, 0.5) is 0 Å². The summed E-state index contributed by atoms with van der Waals surface area (Å²) in [6, 6.07) is 17.4. The van der Waals surface area contributed by atoms with E-state index in [0.29, 0.717) is 30.2 Å². The fourth-order valence-corrected chi connectivity index (χ4v) is 4.89. The van der Waals surface area contributed by atoms with E-state index in [1.165, 1.54) is 0 Å². The molecule has 172 valence electrons. The maximum atomic E-state index is 13.6. The average Bonchev–Trinajstić information content (AvgIpc) is 2.80. The van der Waals surface area contributed by atoms with Gasteiger partial charge in [-0.05, 0) is 94.9 Å². The fourth-order valence-electron chi connectivity index (χ4n) is 4.43. The van der Waals surface area contributed by atoms with E-state index in [1.807, 2.05) is 53.4 Å². The number of benzene rings is 3. The minimum absolute atomic E-state index is 0.0306. The van der Waals surface area contributed by atoms with Crippen molar-refractivity contribution in [2.45, 2.75) is 26.3 Å². The van der Waals surface area contributed by atoms with Crippen LogP contribution in [0.25, 0.3) is 0 Å². The number of hydrogen-bond acceptors (Lipinski definition) is 4. The van der Waals surface area contributed by atoms with Crippen LogP contribution >= 0.6 is 15.9 Å². The molecule has 0 N–H and O–H groups in total. The third kappa shape index (κ3) is 4.86. The summed E-state index contributed by atoms with van der Waals surface area (Å²) in [6.07, 6.45) is 0.728. The van der Waals surface area contributed by atoms with Gasteiger partial charge in [-0.1, -0.05) is 18.2 Å². The van der Waals surface area contributed by atoms with Gasteiger partial charge in [0.05, 0.1) is 25.8 Å². The second-order valence-electron chi connectivity index (χ2n) is 8.28. The Morgan fingerprint density at radius 2 is 1.67 bits per heavy atom. The number of nitrogens with zero attached hydrogens (tertiary/aromatic N) is 1. The number of aryl methyl sites for hydroxylation is 2. The van der Waals surface area contributed by atoms with Crippen molar-refractivity contribution in [3.8, 4) is 17.2 Å². The summed E-state index contributed by atoms with van der Waals surface area (Å²) >= 11 is 3.53. The molecule has 1 heterocycles. The molecule has 0 fully saturated rings. The SMILES string of the molecule is COc1cc2c(cc1OC)C(COc1cc(C)cc(C)c1)N(C(=O)c1ccccc1Br)CC2. The number of amides is 1. The molecule has 1 atom stereocenters. The first kappa shape index (κ1) is 23.2. The highest BCUT2D eigenvalue weighted by Crippen LogP contribution is 2.39. The predicted molar refractivity (Wildman–Crippen MR) is 133 cm³/mol. The number of rotatable bonds is 6. The van der Waals surface area contributed by atoms with Gasteiger partial charge in [-0.3, -0.25) is 4.79 Å². The third-order valence-corrected chi connectivity index (χ3v) is 6.66. The number of carbonyl (C=O) groups is 1. The molecule has 1 amide bonds. The molecular weight excluding hydrogens is 482 g/mol. The monoisotopic (exact) mass is 509 g/mol. The lowest BCUT2D eigenvalue weighted by Gasteiger charge is -2.38. The maximum Gasteiger partial charge on any atom is 0.255 e. The molecule has 0 saturated heterocycles. The number of carbonyl (C=O) groups excluding carboxylic acids is 1. The van der Waals surface area contributed by atoms with Crippen molar-refractivity contribution >= 4 is 21.8 Å². The highest BCUT2D eigenvalue weighted by Gasteiger charge is 2.34. The molecule has 1 aliphatic heterocycles. The van der Waals surface area contributed by atoms with E-state index < -0.39 is 0 Å². The first-order chi connectivity index (χ1) is 15.9. The Balaban J connectivity index is 1.73. The zero-order valence-corrected chi connectivity index (χ0v) is 20.9. The number of ether oxygens (including phenoxy) is 3. The standard InChI is InChI=1S/C27H28BrNO4/c1-17-11-18(2)13-20(12-17)33-16-24-22-15-26(32-4)25(31-3)14-19(22)9-10-29(24)27(30)21-7-5-6-8-23(21)28/h5-8,11-15,24H,9-10,16H2,1-4H3. The molecule has 0 bridgehead atoms. The van der Waals surface area contributed by atoms with Crippen LogP contribution in [-0.4, -0.2) is 38.2 Å². The lowest BCUT2D eigenvalue weighted by molar-refractivity contribution is 0.0588. The Labute approximate surface area is 203 Å². The van der Waals surface area contributed by atoms with Crippen LogP contribution in [0.3, 0.4) is 0 Å². The molecule has 0 spiro atoms. The molecule has 3 aromatic rings. The topological polar surface area (TPSA) is 48.0 Å². The van der Waals surface area contributed by atoms with Crippen molar-refractivity contribution in [3.05, 3.63) is 86.9 Å². The Bertz CT molecular complexity index is 1160. The summed E-state index contributed by atoms with van der Waals surface area (Å²) in [4.78, 5) is 15.5. The van der Waals surface area contributed by atoms with Gasteiger partial charge in [-0.25, -0.2) is 0 Å². The molecule has 1 aliphatic rings. The van der Waals surface area contributed by atoms with Crippen LogP contribution in [0, 0.1) is 13.8 Å². The van der Waals surface area contributed by atoms with Gasteiger partial charge in [-0.2, -0.15) is 0 Å². The highest BCUT2D eigenvalue weighted by atomic mass is 79.9. The van der Waals surface area contributed by atoms with E-state index in [4.69, 9.17) is 14.2 Å². The second-order valence-corrected chi connectivity index (χ2v) is 9.14. The third-order valence-electron chi connectivity index (χ3n) is 5.97. The molecule has 33 heavy (non-hydrogen) atoms. The van der Waals surface area contributed by atoms with E-state index in [9.17, 15) is 4.79 Å². The van der Waals surface area contributed by atoms with Crippen molar-refractivity contribution in [3.63, 3.8) is 0 Å². The van der Waals surface area contributed by atoms with Crippen LogP contribution in [-0.2, 0) is 6.42 Å². The zero-order valence-electron chi connectivity index (χ0n) is 19.4. The van der Waals surface area contributed by atoms with Gasteiger partial charge in [0.2, 0.25) is 0 Å². The molecule has 0 saturated carbocycles. The number of hydrogen-bond donors (Lipinski definition) is 0. The Kier molecular flexibility index (Phi) is 6.94. The van der Waals surface area contributed by atoms with Crippen molar-refractivity contribution in [1.82, 2.24) is 4.90 Å². The quantitative estimate of drug-likeness (QED) is 0.414. The maximum absolute atomic E-state index is 13.6. The summed E-state index contributed by atoms with van der Waals surface area (Å²) in [6.45, 7) is 5.02. The average molecular weight is 510 g/mol. The van der Waals surface area contributed by atoms with Crippen LogP contribution in [0.1, 0.15) is 38.7 Å². The van der Waals surface area contributed by atoms with Crippen molar-refractivity contribution < 1.29 is 19.0 Å². The summed E-state index contributed by atoms with van der Waals surface area (Å²) in [7, 11) is 3.26. The van der Waals surface area contributed by atoms with Gasteiger partial charge in [-0.15, -0.1) is 0 Å². The highest BCUT2D eigenvalue weighted by molar-refractivity contribution is 9.10. The van der Waals surface area contributed by atoms with Gasteiger partial charge in [0.25, 0.3) is 5.91 Å². The zero-order chi connectivity index (χ0) is 23.5. The van der Waals surface area contributed by atoms with E-state index in [-0.39, 0.29) is 11.9 Å². The van der Waals surface area contributed by atoms with Crippen molar-refractivity contribution in [2.24, 2.45) is 0 Å². The summed E-state index contributed by atoms with van der Waals surface area (Å²) in [5, 5.41) is 0. The van der Waals surface area contributed by atoms with E-state index in [0.717, 1.165) is 38.9 Å². The van der Waals surface area contributed by atoms with Gasteiger partial charge < -0.3 is 19.1 Å². The number of halogens is 1. The molecule has 0 radical (unpaired) electrons. The molecule has 0 aromatic heterocycles. The largest absolute Gasteiger partial charge is 0.493 e. The van der Waals surface area contributed by atoms with E-state index in [2.05, 4.69) is 35.8 Å². The first-order valence-electron chi connectivity index (χ1n) is 10.9. The second kappa shape index (κ2) is 9.87. The predicted octanol–water partition coefficient (Wildman–Crippen LogP) is 5.90. The minimum Gasteiger partial charge on any atom is -0.493 e. The normalized spacial score (nSPS) is 15.1. The van der Waals surface area contributed by atoms with Gasteiger partial charge in [0.15, 0.2) is 11.5 Å². The number of fused-ring (bicyclic) bond motifs is 1. The molecule has 6 heteroatoms. The minimum atomic E-state index is -0.269. The summed E-state index contributed by atoms with van der Waals surface area (Å²) < 4.78 is 18.1. The molecule has 1 unspecified atom stereocenters. The molecule has 0 aliphatic carbocycles. The van der Waals surface area contributed by atoms with Gasteiger partial charge >= 0.3 is 0 Å². The Morgan fingerprint density at radius 1 is 1.00 bits per heavy atom. The fraction of sp³-hybridized carbons (Fsp3) is 0.296. The van der Waals surface area contributed by atoms with Crippen LogP contribution in [0.5, 0.6) is 17.2 Å². The molecule has 3 aromatic carbocycles. The van der Waals surface area contributed by atoms with Crippen molar-refractivity contribution in [2.75, 3.05) is 27.4 Å². The van der Waals surface area contributed by atoms with Gasteiger partial charge in [0.1, 0.15) is 12.4 Å². The number of methoxy groups -OCH3 is 2. The Morgan fingerprint density at radius 3 is 2.33 bits per heavy atom. The van der Waals surface area contributed by atoms with E-state index >= 15 is 0 Å². The molecule has 4 rings (SSSR count). The lowest BCUT2D eigenvalue weighted by Crippen LogP contribution is -2.42. The molecular formula is C27H28BrNO4. The van der Waals surface area contributed by atoms with Crippen molar-refractivity contribution in [1.29, 1.82) is 0 Å². The lowest BCUT2D eigenvalue weighted by atomic mass is 9.91.